The third-order valence-corrected chi connectivity index (χ3v) is 5.45. The number of aliphatic carboxylic acids is 1. The molecule has 3 N–H and O–H groups in total. The van der Waals surface area contributed by atoms with Gasteiger partial charge in [0.2, 0.25) is 5.91 Å². The number of alkyl carbamates (subject to hydrolysis) is 1. The Kier molecular flexibility index (Phi) is 7.78. The van der Waals surface area contributed by atoms with Gasteiger partial charge in [0.1, 0.15) is 24.3 Å². The molecule has 0 spiro atoms. The van der Waals surface area contributed by atoms with Crippen LogP contribution in [-0.4, -0.2) is 53.3 Å². The van der Waals surface area contributed by atoms with Gasteiger partial charge in [-0.3, -0.25) is 9.59 Å². The first-order chi connectivity index (χ1) is 16.5. The van der Waals surface area contributed by atoms with Crippen LogP contribution >= 0.6 is 0 Å². The molecule has 9 heteroatoms. The van der Waals surface area contributed by atoms with Crippen LogP contribution in [0.15, 0.2) is 48.5 Å². The number of esters is 1. The zero-order valence-electron chi connectivity index (χ0n) is 20.2. The largest absolute Gasteiger partial charge is 0.481 e. The monoisotopic (exact) mass is 482 g/mol. The summed E-state index contributed by atoms with van der Waals surface area (Å²) in [5, 5.41) is 13.9. The topological polar surface area (TPSA) is 131 Å². The molecular weight excluding hydrogens is 452 g/mol. The summed E-state index contributed by atoms with van der Waals surface area (Å²) >= 11 is 0. The number of amides is 2. The number of fused-ring (bicyclic) bond motifs is 3. The summed E-state index contributed by atoms with van der Waals surface area (Å²) in [4.78, 5) is 48.6. The van der Waals surface area contributed by atoms with Gasteiger partial charge in [-0.2, -0.15) is 0 Å². The Balaban J connectivity index is 1.63. The summed E-state index contributed by atoms with van der Waals surface area (Å²) in [7, 11) is 0. The highest BCUT2D eigenvalue weighted by atomic mass is 16.6. The van der Waals surface area contributed by atoms with Crippen molar-refractivity contribution >= 4 is 23.9 Å². The Labute approximate surface area is 203 Å². The number of hydrogen-bond acceptors (Lipinski definition) is 6. The maximum absolute atomic E-state index is 12.6. The number of benzene rings is 2. The van der Waals surface area contributed by atoms with Crippen LogP contribution in [0.4, 0.5) is 4.79 Å². The SMILES string of the molecule is CC(NC(=O)C(CC(=O)O)NC(=O)OCC1c2ccccc2-c2ccccc21)C(=O)OC(C)(C)C. The van der Waals surface area contributed by atoms with Gasteiger partial charge in [0, 0.05) is 5.92 Å². The predicted molar refractivity (Wildman–Crippen MR) is 128 cm³/mol. The van der Waals surface area contributed by atoms with Crippen LogP contribution in [0, 0.1) is 0 Å². The van der Waals surface area contributed by atoms with Gasteiger partial charge in [0.25, 0.3) is 0 Å². The van der Waals surface area contributed by atoms with Crippen LogP contribution in [0.2, 0.25) is 0 Å². The summed E-state index contributed by atoms with van der Waals surface area (Å²) < 4.78 is 10.6. The highest BCUT2D eigenvalue weighted by Crippen LogP contribution is 2.44. The molecule has 2 amide bonds. The van der Waals surface area contributed by atoms with Gasteiger partial charge in [0.05, 0.1) is 6.42 Å². The highest BCUT2D eigenvalue weighted by Gasteiger charge is 2.31. The van der Waals surface area contributed by atoms with Crippen molar-refractivity contribution in [3.05, 3.63) is 59.7 Å². The van der Waals surface area contributed by atoms with Crippen molar-refractivity contribution in [3.63, 3.8) is 0 Å². The van der Waals surface area contributed by atoms with Crippen LogP contribution in [0.1, 0.15) is 51.2 Å². The van der Waals surface area contributed by atoms with Gasteiger partial charge in [-0.1, -0.05) is 48.5 Å². The summed E-state index contributed by atoms with van der Waals surface area (Å²) in [6, 6.07) is 13.2. The first kappa shape index (κ1) is 25.7. The molecule has 186 valence electrons. The molecule has 9 nitrogen and oxygen atoms in total. The number of ether oxygens (including phenoxy) is 2. The van der Waals surface area contributed by atoms with Crippen LogP contribution in [0.3, 0.4) is 0 Å². The van der Waals surface area contributed by atoms with E-state index in [0.29, 0.717) is 0 Å². The molecule has 0 saturated carbocycles. The van der Waals surface area contributed by atoms with Crippen molar-refractivity contribution < 1.29 is 33.8 Å². The Hall–Kier alpha value is -3.88. The molecule has 35 heavy (non-hydrogen) atoms. The number of carboxylic acids is 1. The minimum absolute atomic E-state index is 0.00951. The lowest BCUT2D eigenvalue weighted by atomic mass is 9.98. The molecule has 1 aliphatic rings. The standard InChI is InChI=1S/C26H30N2O7/c1-15(24(32)35-26(2,3)4)27-23(31)21(13-22(29)30)28-25(33)34-14-20-18-11-7-5-9-16(18)17-10-6-8-12-19(17)20/h5-12,15,20-21H,13-14H2,1-4H3,(H,27,31)(H,28,33)(H,29,30). The average molecular weight is 483 g/mol. The minimum Gasteiger partial charge on any atom is -0.481 e. The number of carbonyl (C=O) groups is 4. The quantitative estimate of drug-likeness (QED) is 0.492. The van der Waals surface area contributed by atoms with Gasteiger partial charge in [-0.05, 0) is 49.9 Å². The third kappa shape index (κ3) is 6.59. The Morgan fingerprint density at radius 2 is 1.49 bits per heavy atom. The number of carboxylic acid groups (broad SMARTS) is 1. The number of carbonyl (C=O) groups excluding carboxylic acids is 3. The van der Waals surface area contributed by atoms with Gasteiger partial charge in [-0.15, -0.1) is 0 Å². The van der Waals surface area contributed by atoms with E-state index in [0.717, 1.165) is 22.3 Å². The molecule has 2 aromatic carbocycles. The second-order valence-corrected chi connectivity index (χ2v) is 9.38. The molecule has 0 saturated heterocycles. The summed E-state index contributed by atoms with van der Waals surface area (Å²) in [6.07, 6.45) is -1.62. The zero-order valence-corrected chi connectivity index (χ0v) is 20.2. The molecule has 2 atom stereocenters. The summed E-state index contributed by atoms with van der Waals surface area (Å²) in [6.45, 7) is 6.48. The van der Waals surface area contributed by atoms with Crippen LogP contribution in [-0.2, 0) is 23.9 Å². The molecular formula is C26H30N2O7. The summed E-state index contributed by atoms with van der Waals surface area (Å²) in [5.41, 5.74) is 3.42. The predicted octanol–water partition coefficient (Wildman–Crippen LogP) is 3.21. The maximum Gasteiger partial charge on any atom is 0.407 e. The minimum atomic E-state index is -1.44. The van der Waals surface area contributed by atoms with Crippen LogP contribution in [0.5, 0.6) is 0 Å². The average Bonchev–Trinajstić information content (AvgIpc) is 3.09. The van der Waals surface area contributed by atoms with Gasteiger partial charge >= 0.3 is 18.0 Å². The Morgan fingerprint density at radius 1 is 0.943 bits per heavy atom. The molecule has 0 fully saturated rings. The molecule has 0 bridgehead atoms. The van der Waals surface area contributed by atoms with E-state index in [1.807, 2.05) is 48.5 Å². The van der Waals surface area contributed by atoms with E-state index in [1.165, 1.54) is 6.92 Å². The van der Waals surface area contributed by atoms with Crippen LogP contribution < -0.4 is 10.6 Å². The fraction of sp³-hybridized carbons (Fsp3) is 0.385. The van der Waals surface area contributed by atoms with Gasteiger partial charge in [0.15, 0.2) is 0 Å². The van der Waals surface area contributed by atoms with E-state index < -0.39 is 48.0 Å². The number of hydrogen-bond donors (Lipinski definition) is 3. The normalized spacial score (nSPS) is 14.2. The lowest BCUT2D eigenvalue weighted by molar-refractivity contribution is -0.158. The van der Waals surface area contributed by atoms with E-state index in [-0.39, 0.29) is 12.5 Å². The van der Waals surface area contributed by atoms with E-state index in [9.17, 15) is 24.3 Å². The van der Waals surface area contributed by atoms with Crippen molar-refractivity contribution in [2.75, 3.05) is 6.61 Å². The smallest absolute Gasteiger partial charge is 0.407 e. The lowest BCUT2D eigenvalue weighted by Crippen LogP contribution is -2.52. The zero-order chi connectivity index (χ0) is 25.8. The van der Waals surface area contributed by atoms with Crippen LogP contribution in [0.25, 0.3) is 11.1 Å². The molecule has 2 unspecified atom stereocenters. The van der Waals surface area contributed by atoms with Crippen molar-refractivity contribution in [2.45, 2.75) is 57.7 Å². The molecule has 1 aliphatic carbocycles. The maximum atomic E-state index is 12.6. The van der Waals surface area contributed by atoms with E-state index in [1.54, 1.807) is 20.8 Å². The van der Waals surface area contributed by atoms with Gasteiger partial charge in [-0.25, -0.2) is 9.59 Å². The first-order valence-corrected chi connectivity index (χ1v) is 11.3. The van der Waals surface area contributed by atoms with Crippen molar-refractivity contribution in [2.24, 2.45) is 0 Å². The van der Waals surface area contributed by atoms with Crippen molar-refractivity contribution in [3.8, 4) is 11.1 Å². The number of rotatable bonds is 8. The van der Waals surface area contributed by atoms with Crippen molar-refractivity contribution in [1.29, 1.82) is 0 Å². The lowest BCUT2D eigenvalue weighted by Gasteiger charge is -2.24. The molecule has 0 aliphatic heterocycles. The highest BCUT2D eigenvalue weighted by molar-refractivity contribution is 5.92. The fourth-order valence-electron chi connectivity index (χ4n) is 3.93. The molecule has 3 rings (SSSR count). The Morgan fingerprint density at radius 3 is 2.00 bits per heavy atom. The molecule has 2 aromatic rings. The molecule has 0 radical (unpaired) electrons. The van der Waals surface area contributed by atoms with E-state index in [4.69, 9.17) is 9.47 Å². The fourth-order valence-corrected chi connectivity index (χ4v) is 3.93. The second kappa shape index (κ2) is 10.6. The first-order valence-electron chi connectivity index (χ1n) is 11.3. The van der Waals surface area contributed by atoms with E-state index in [2.05, 4.69) is 10.6 Å². The Bertz CT molecular complexity index is 1080. The second-order valence-electron chi connectivity index (χ2n) is 9.38. The van der Waals surface area contributed by atoms with Crippen molar-refractivity contribution in [1.82, 2.24) is 10.6 Å². The summed E-state index contributed by atoms with van der Waals surface area (Å²) in [5.74, 6) is -3.00. The third-order valence-electron chi connectivity index (χ3n) is 5.45. The van der Waals surface area contributed by atoms with Gasteiger partial charge < -0.3 is 25.2 Å². The molecule has 0 aromatic heterocycles. The van der Waals surface area contributed by atoms with E-state index >= 15 is 0 Å². The number of nitrogens with one attached hydrogen (secondary N) is 2. The molecule has 0 heterocycles.